The molecule has 123 valence electrons. The molecule has 0 nitrogen and oxygen atoms in total. The third kappa shape index (κ3) is 4.37. The van der Waals surface area contributed by atoms with Gasteiger partial charge in [0.2, 0.25) is 0 Å². The van der Waals surface area contributed by atoms with Gasteiger partial charge in [-0.05, 0) is 43.0 Å². The van der Waals surface area contributed by atoms with E-state index in [0.29, 0.717) is 17.5 Å². The topological polar surface area (TPSA) is 0 Å². The lowest BCUT2D eigenvalue weighted by molar-refractivity contribution is 0.406. The quantitative estimate of drug-likeness (QED) is 0.519. The van der Waals surface area contributed by atoms with Gasteiger partial charge in [0.1, 0.15) is 11.6 Å². The summed E-state index contributed by atoms with van der Waals surface area (Å²) in [5.41, 5.74) is 1.87. The molecule has 3 heteroatoms. The van der Waals surface area contributed by atoms with Crippen molar-refractivity contribution in [2.75, 3.05) is 6.67 Å². The third-order valence-corrected chi connectivity index (χ3v) is 4.11. The van der Waals surface area contributed by atoms with Crippen LogP contribution in [0.3, 0.4) is 0 Å². The van der Waals surface area contributed by atoms with Crippen LogP contribution in [0.25, 0.3) is 11.1 Å². The molecule has 0 spiro atoms. The number of hydrogen-bond donors (Lipinski definition) is 0. The van der Waals surface area contributed by atoms with Crippen molar-refractivity contribution in [2.45, 2.75) is 39.0 Å². The Labute approximate surface area is 136 Å². The van der Waals surface area contributed by atoms with E-state index in [0.717, 1.165) is 18.4 Å². The molecule has 0 amide bonds. The lowest BCUT2D eigenvalue weighted by Crippen LogP contribution is -2.04. The monoisotopic (exact) mass is 319 g/mol. The molecule has 2 aromatic rings. The first-order valence-corrected chi connectivity index (χ1v) is 7.96. The van der Waals surface area contributed by atoms with Gasteiger partial charge < -0.3 is 0 Å². The van der Waals surface area contributed by atoms with Crippen LogP contribution >= 0.6 is 0 Å². The predicted molar refractivity (Wildman–Crippen MR) is 89.1 cm³/mol. The van der Waals surface area contributed by atoms with Crippen molar-refractivity contribution in [3.63, 3.8) is 0 Å². The van der Waals surface area contributed by atoms with Crippen LogP contribution < -0.4 is 0 Å². The van der Waals surface area contributed by atoms with Crippen LogP contribution in [-0.4, -0.2) is 6.67 Å². The largest absolute Gasteiger partial charge is 0.250 e. The standard InChI is InChI=1S/C20H22F3/c1-3-4-5-6-16(13-21)17-11-18(22)20(19(23)12-17)15-9-7-14(2)8-10-15/h3,7-12,16H,4-6,13H2,1-2H3. The molecule has 1 radical (unpaired) electrons. The highest BCUT2D eigenvalue weighted by Gasteiger charge is 2.18. The van der Waals surface area contributed by atoms with Gasteiger partial charge in [0.25, 0.3) is 0 Å². The number of halogens is 3. The summed E-state index contributed by atoms with van der Waals surface area (Å²) in [6.07, 6.45) is 4.29. The number of hydrogen-bond acceptors (Lipinski definition) is 0. The molecule has 23 heavy (non-hydrogen) atoms. The molecule has 0 aliphatic heterocycles. The van der Waals surface area contributed by atoms with Gasteiger partial charge >= 0.3 is 0 Å². The Balaban J connectivity index is 2.30. The van der Waals surface area contributed by atoms with Crippen molar-refractivity contribution in [3.8, 4) is 11.1 Å². The van der Waals surface area contributed by atoms with Gasteiger partial charge in [-0.25, -0.2) is 8.78 Å². The van der Waals surface area contributed by atoms with Crippen LogP contribution in [0.1, 0.15) is 43.2 Å². The minimum absolute atomic E-state index is 0.0479. The maximum absolute atomic E-state index is 14.4. The maximum atomic E-state index is 14.4. The molecule has 0 saturated carbocycles. The zero-order valence-corrected chi connectivity index (χ0v) is 13.6. The highest BCUT2D eigenvalue weighted by Crippen LogP contribution is 2.31. The van der Waals surface area contributed by atoms with Gasteiger partial charge in [0, 0.05) is 5.92 Å². The number of rotatable bonds is 7. The van der Waals surface area contributed by atoms with Crippen molar-refractivity contribution in [1.82, 2.24) is 0 Å². The Hall–Kier alpha value is -1.77. The van der Waals surface area contributed by atoms with Gasteiger partial charge in [0.05, 0.1) is 12.2 Å². The number of alkyl halides is 1. The van der Waals surface area contributed by atoms with Crippen molar-refractivity contribution in [3.05, 3.63) is 65.6 Å². The van der Waals surface area contributed by atoms with Gasteiger partial charge in [-0.2, -0.15) is 0 Å². The summed E-state index contributed by atoms with van der Waals surface area (Å²) in [4.78, 5) is 0. The van der Waals surface area contributed by atoms with Crippen LogP contribution in [-0.2, 0) is 0 Å². The summed E-state index contributed by atoms with van der Waals surface area (Å²) in [5, 5.41) is 0. The minimum Gasteiger partial charge on any atom is -0.250 e. The van der Waals surface area contributed by atoms with Gasteiger partial charge in [0.15, 0.2) is 0 Å². The number of unbranched alkanes of at least 4 members (excludes halogenated alkanes) is 2. The fraction of sp³-hybridized carbons (Fsp3) is 0.350. The van der Waals surface area contributed by atoms with E-state index >= 15 is 0 Å². The molecule has 2 aromatic carbocycles. The van der Waals surface area contributed by atoms with E-state index in [1.54, 1.807) is 12.1 Å². The lowest BCUT2D eigenvalue weighted by Gasteiger charge is -2.15. The summed E-state index contributed by atoms with van der Waals surface area (Å²) in [6, 6.07) is 9.57. The average molecular weight is 319 g/mol. The van der Waals surface area contributed by atoms with Crippen LogP contribution in [0.4, 0.5) is 13.2 Å². The first-order valence-electron chi connectivity index (χ1n) is 7.96. The van der Waals surface area contributed by atoms with E-state index in [1.807, 2.05) is 32.4 Å². The summed E-state index contributed by atoms with van der Waals surface area (Å²) < 4.78 is 42.1. The van der Waals surface area contributed by atoms with Crippen LogP contribution in [0.5, 0.6) is 0 Å². The fourth-order valence-electron chi connectivity index (χ4n) is 2.73. The molecule has 0 heterocycles. The molecule has 0 saturated heterocycles. The Bertz CT molecular complexity index is 609. The highest BCUT2D eigenvalue weighted by molar-refractivity contribution is 5.65. The summed E-state index contributed by atoms with van der Waals surface area (Å²) in [6.45, 7) is 3.26. The van der Waals surface area contributed by atoms with Crippen molar-refractivity contribution < 1.29 is 13.2 Å². The van der Waals surface area contributed by atoms with Crippen LogP contribution in [0.15, 0.2) is 36.4 Å². The van der Waals surface area contributed by atoms with Gasteiger partial charge in [-0.3, -0.25) is 4.39 Å². The molecule has 0 N–H and O–H groups in total. The molecular formula is C20H22F3. The molecular weight excluding hydrogens is 297 g/mol. The van der Waals surface area contributed by atoms with E-state index in [1.165, 1.54) is 12.1 Å². The zero-order chi connectivity index (χ0) is 16.8. The zero-order valence-electron chi connectivity index (χ0n) is 13.6. The van der Waals surface area contributed by atoms with Crippen molar-refractivity contribution in [2.24, 2.45) is 0 Å². The SMILES string of the molecule is C[CH]CCCC(CF)c1cc(F)c(-c2ccc(C)cc2)c(F)c1. The second kappa shape index (κ2) is 8.19. The average Bonchev–Trinajstić information content (AvgIpc) is 2.53. The smallest absolute Gasteiger partial charge is 0.134 e. The highest BCUT2D eigenvalue weighted by atomic mass is 19.1. The second-order valence-electron chi connectivity index (χ2n) is 5.92. The Morgan fingerprint density at radius 1 is 1.04 bits per heavy atom. The minimum atomic E-state index is -0.635. The summed E-state index contributed by atoms with van der Waals surface area (Å²) >= 11 is 0. The Kier molecular flexibility index (Phi) is 6.26. The first-order chi connectivity index (χ1) is 11.1. The van der Waals surface area contributed by atoms with E-state index in [-0.39, 0.29) is 5.56 Å². The molecule has 1 unspecified atom stereocenters. The molecule has 0 fully saturated rings. The molecule has 0 aliphatic rings. The maximum Gasteiger partial charge on any atom is 0.134 e. The molecule has 2 rings (SSSR count). The Morgan fingerprint density at radius 3 is 2.17 bits per heavy atom. The predicted octanol–water partition coefficient (Wildman–Crippen LogP) is 6.39. The molecule has 0 bridgehead atoms. The summed E-state index contributed by atoms with van der Waals surface area (Å²) in [7, 11) is 0. The van der Waals surface area contributed by atoms with E-state index in [4.69, 9.17) is 0 Å². The Morgan fingerprint density at radius 2 is 1.65 bits per heavy atom. The lowest BCUT2D eigenvalue weighted by atomic mass is 9.92. The normalized spacial score (nSPS) is 12.4. The summed E-state index contributed by atoms with van der Waals surface area (Å²) in [5.74, 6) is -1.72. The first kappa shape index (κ1) is 17.6. The molecule has 0 aromatic heterocycles. The molecule has 0 aliphatic carbocycles. The number of benzene rings is 2. The van der Waals surface area contributed by atoms with Crippen LogP contribution in [0, 0.1) is 25.0 Å². The van der Waals surface area contributed by atoms with E-state index in [9.17, 15) is 13.2 Å². The van der Waals surface area contributed by atoms with E-state index in [2.05, 4.69) is 0 Å². The van der Waals surface area contributed by atoms with Gasteiger partial charge in [-0.15, -0.1) is 0 Å². The fourth-order valence-corrected chi connectivity index (χ4v) is 2.73. The van der Waals surface area contributed by atoms with Gasteiger partial charge in [-0.1, -0.05) is 49.6 Å². The van der Waals surface area contributed by atoms with E-state index < -0.39 is 24.2 Å². The van der Waals surface area contributed by atoms with Crippen molar-refractivity contribution >= 4 is 0 Å². The third-order valence-electron chi connectivity index (χ3n) is 4.11. The second-order valence-corrected chi connectivity index (χ2v) is 5.92. The van der Waals surface area contributed by atoms with Crippen LogP contribution in [0.2, 0.25) is 0 Å². The van der Waals surface area contributed by atoms with Crippen molar-refractivity contribution in [1.29, 1.82) is 0 Å². The number of aryl methyl sites for hydroxylation is 1. The molecule has 1 atom stereocenters.